The summed E-state index contributed by atoms with van der Waals surface area (Å²) in [4.78, 5) is 5.45. The molecule has 4 heterocycles. The number of para-hydroxylation sites is 3. The van der Waals surface area contributed by atoms with Gasteiger partial charge in [0.05, 0.1) is 22.1 Å². The van der Waals surface area contributed by atoms with E-state index in [1.165, 1.54) is 38.3 Å². The molecule has 0 bridgehead atoms. The van der Waals surface area contributed by atoms with Crippen LogP contribution in [-0.2, 0) is 0 Å². The fourth-order valence-corrected chi connectivity index (χ4v) is 8.48. The molecule has 2 N–H and O–H groups in total. The Balaban J connectivity index is 1.33. The minimum Gasteiger partial charge on any atom is -0.454 e. The molecule has 6 nitrogen and oxygen atoms in total. The van der Waals surface area contributed by atoms with Gasteiger partial charge in [-0.1, -0.05) is 127 Å². The Morgan fingerprint density at radius 3 is 2.12 bits per heavy atom. The largest absolute Gasteiger partial charge is 0.454 e. The molecular weight excluding hydrogens is 627 g/mol. The molecule has 6 aromatic carbocycles. The minimum atomic E-state index is -0.447. The van der Waals surface area contributed by atoms with Gasteiger partial charge in [0.1, 0.15) is 17.6 Å². The molecule has 0 radical (unpaired) electrons. The smallest absolute Gasteiger partial charge is 0.184 e. The van der Waals surface area contributed by atoms with Crippen molar-refractivity contribution < 1.29 is 4.42 Å². The zero-order valence-corrected chi connectivity index (χ0v) is 27.8. The second-order valence-electron chi connectivity index (χ2n) is 13.5. The normalized spacial score (nSPS) is 17.9. The van der Waals surface area contributed by atoms with Crippen molar-refractivity contribution in [1.29, 1.82) is 0 Å². The van der Waals surface area contributed by atoms with E-state index in [2.05, 4.69) is 165 Å². The van der Waals surface area contributed by atoms with Crippen molar-refractivity contribution >= 4 is 77.1 Å². The number of nitrogens with one attached hydrogen (secondary N) is 2. The third kappa shape index (κ3) is 4.17. The average molecular weight is 660 g/mol. The number of fused-ring (bicyclic) bond motifs is 12. The molecule has 9 aromatic rings. The van der Waals surface area contributed by atoms with Crippen LogP contribution in [0, 0.1) is 0 Å². The van der Waals surface area contributed by atoms with E-state index in [1.54, 1.807) is 0 Å². The van der Waals surface area contributed by atoms with Crippen molar-refractivity contribution in [3.63, 3.8) is 0 Å². The Kier molecular flexibility index (Phi) is 6.18. The van der Waals surface area contributed by atoms with E-state index in [1.807, 2.05) is 6.07 Å². The number of hydrogen-bond acceptors (Lipinski definition) is 4. The summed E-state index contributed by atoms with van der Waals surface area (Å²) in [7, 11) is 0. The molecule has 1 aliphatic carbocycles. The van der Waals surface area contributed by atoms with E-state index < -0.39 is 6.29 Å². The number of allylic oxidation sites excluding steroid dienone is 4. The monoisotopic (exact) mass is 659 g/mol. The van der Waals surface area contributed by atoms with Crippen LogP contribution in [0.15, 0.2) is 161 Å². The fourth-order valence-electron chi connectivity index (χ4n) is 8.48. The topological polar surface area (TPSA) is 59.4 Å². The number of hydrogen-bond donors (Lipinski definition) is 2. The van der Waals surface area contributed by atoms with Gasteiger partial charge in [-0.25, -0.2) is 4.99 Å². The van der Waals surface area contributed by atoms with Gasteiger partial charge in [-0.05, 0) is 42.7 Å². The first-order valence-electron chi connectivity index (χ1n) is 17.7. The summed E-state index contributed by atoms with van der Waals surface area (Å²) in [6, 6.07) is 47.1. The third-order valence-electron chi connectivity index (χ3n) is 10.6. The summed E-state index contributed by atoms with van der Waals surface area (Å²) in [5.74, 6) is 0.842. The van der Waals surface area contributed by atoms with Gasteiger partial charge < -0.3 is 18.9 Å². The Morgan fingerprint density at radius 2 is 1.33 bits per heavy atom. The van der Waals surface area contributed by atoms with Gasteiger partial charge in [0, 0.05) is 43.6 Å². The molecular formula is C45H33N5O. The molecule has 0 amide bonds. The number of aromatic nitrogens is 2. The van der Waals surface area contributed by atoms with E-state index in [-0.39, 0.29) is 6.17 Å². The molecule has 3 aromatic heterocycles. The van der Waals surface area contributed by atoms with Crippen LogP contribution < -0.4 is 10.6 Å². The lowest BCUT2D eigenvalue weighted by Crippen LogP contribution is -2.46. The summed E-state index contributed by atoms with van der Waals surface area (Å²) in [6.45, 7) is 0. The average Bonchev–Trinajstić information content (AvgIpc) is 3.87. The standard InChI is InChI=1S/C45H33N5O/c1-4-16-28(17-5-1)43-46-44(29-18-6-2-7-19-29)48-45(47-43)50-35-26-14-11-23-32(35)39-40-37(38-33-24-12-15-27-36(33)51-42(38)41(39)50)31-22-10-13-25-34(31)49(40)30-20-8-3-9-21-30/h1-8,10-20,22-27,43,45,47H,9,21H2,(H,46,48). The molecule has 244 valence electrons. The van der Waals surface area contributed by atoms with Gasteiger partial charge in [-0.15, -0.1) is 0 Å². The number of amidine groups is 1. The summed E-state index contributed by atoms with van der Waals surface area (Å²) in [5.41, 5.74) is 9.78. The second-order valence-corrected chi connectivity index (χ2v) is 13.5. The highest BCUT2D eigenvalue weighted by molar-refractivity contribution is 6.39. The predicted molar refractivity (Wildman–Crippen MR) is 210 cm³/mol. The summed E-state index contributed by atoms with van der Waals surface area (Å²) in [6.07, 6.45) is 8.10. The lowest BCUT2D eigenvalue weighted by molar-refractivity contribution is 0.341. The van der Waals surface area contributed by atoms with E-state index in [0.717, 1.165) is 62.8 Å². The maximum Gasteiger partial charge on any atom is 0.184 e. The summed E-state index contributed by atoms with van der Waals surface area (Å²) in [5, 5.41) is 14.7. The second kappa shape index (κ2) is 11.1. The zero-order chi connectivity index (χ0) is 33.5. The SMILES string of the molecule is C1=CCCC(n2c3ccccc3c3c4c5ccccc5oc4c4c(c5ccccc5n4C4N=C(c5ccccc5)NC(c5ccccc5)N4)c32)=C1. The van der Waals surface area contributed by atoms with Crippen molar-refractivity contribution in [2.75, 3.05) is 0 Å². The first-order valence-corrected chi connectivity index (χ1v) is 17.7. The third-order valence-corrected chi connectivity index (χ3v) is 10.6. The molecule has 1 aliphatic heterocycles. The first-order chi connectivity index (χ1) is 25.3. The van der Waals surface area contributed by atoms with Gasteiger partial charge >= 0.3 is 0 Å². The quantitative estimate of drug-likeness (QED) is 0.198. The molecule has 0 fully saturated rings. The van der Waals surface area contributed by atoms with Crippen LogP contribution >= 0.6 is 0 Å². The molecule has 51 heavy (non-hydrogen) atoms. The van der Waals surface area contributed by atoms with Crippen LogP contribution in [0.25, 0.3) is 71.2 Å². The van der Waals surface area contributed by atoms with Crippen LogP contribution in [0.1, 0.15) is 36.4 Å². The van der Waals surface area contributed by atoms with Crippen molar-refractivity contribution in [2.45, 2.75) is 25.3 Å². The van der Waals surface area contributed by atoms with Gasteiger partial charge in [0.25, 0.3) is 0 Å². The predicted octanol–water partition coefficient (Wildman–Crippen LogP) is 10.8. The zero-order valence-electron chi connectivity index (χ0n) is 27.8. The van der Waals surface area contributed by atoms with Crippen molar-refractivity contribution in [3.05, 3.63) is 163 Å². The molecule has 2 unspecified atom stereocenters. The lowest BCUT2D eigenvalue weighted by Gasteiger charge is -2.33. The highest BCUT2D eigenvalue weighted by Crippen LogP contribution is 2.50. The number of nitrogens with zero attached hydrogens (tertiary/aromatic N) is 3. The highest BCUT2D eigenvalue weighted by Gasteiger charge is 2.32. The molecule has 0 saturated heterocycles. The van der Waals surface area contributed by atoms with E-state index in [0.29, 0.717) is 0 Å². The Labute approximate surface area is 293 Å². The van der Waals surface area contributed by atoms with Gasteiger partial charge in [0.2, 0.25) is 0 Å². The maximum atomic E-state index is 7.01. The Morgan fingerprint density at radius 1 is 0.647 bits per heavy atom. The summed E-state index contributed by atoms with van der Waals surface area (Å²) < 4.78 is 11.9. The number of benzene rings is 6. The maximum absolute atomic E-state index is 7.01. The molecule has 6 heteroatoms. The summed E-state index contributed by atoms with van der Waals surface area (Å²) >= 11 is 0. The number of furan rings is 1. The van der Waals surface area contributed by atoms with Crippen LogP contribution in [0.3, 0.4) is 0 Å². The van der Waals surface area contributed by atoms with Crippen molar-refractivity contribution in [1.82, 2.24) is 19.8 Å². The Bertz CT molecular complexity index is 2920. The van der Waals surface area contributed by atoms with Crippen LogP contribution in [0.2, 0.25) is 0 Å². The molecule has 2 atom stereocenters. The number of rotatable bonds is 4. The molecule has 2 aliphatic rings. The van der Waals surface area contributed by atoms with E-state index in [4.69, 9.17) is 9.41 Å². The number of aliphatic imine (C=N–C) groups is 1. The first kappa shape index (κ1) is 28.5. The minimum absolute atomic E-state index is 0.180. The lowest BCUT2D eigenvalue weighted by atomic mass is 10.0. The fraction of sp³-hybridized carbons (Fsp3) is 0.0889. The van der Waals surface area contributed by atoms with Crippen LogP contribution in [-0.4, -0.2) is 15.0 Å². The highest BCUT2D eigenvalue weighted by atomic mass is 16.3. The van der Waals surface area contributed by atoms with E-state index >= 15 is 0 Å². The van der Waals surface area contributed by atoms with Crippen LogP contribution in [0.4, 0.5) is 0 Å². The van der Waals surface area contributed by atoms with Gasteiger partial charge in [-0.3, -0.25) is 5.32 Å². The van der Waals surface area contributed by atoms with Gasteiger partial charge in [0.15, 0.2) is 11.9 Å². The van der Waals surface area contributed by atoms with Crippen LogP contribution in [0.5, 0.6) is 0 Å². The Hall–Kier alpha value is -6.37. The van der Waals surface area contributed by atoms with E-state index in [9.17, 15) is 0 Å². The van der Waals surface area contributed by atoms with Crippen molar-refractivity contribution in [2.24, 2.45) is 4.99 Å². The molecule has 0 spiro atoms. The van der Waals surface area contributed by atoms with Gasteiger partial charge in [-0.2, -0.15) is 0 Å². The van der Waals surface area contributed by atoms with Crippen molar-refractivity contribution in [3.8, 4) is 0 Å². The molecule has 11 rings (SSSR count). The molecule has 0 saturated carbocycles.